The third-order valence-electron chi connectivity index (χ3n) is 2.22. The van der Waals surface area contributed by atoms with Gasteiger partial charge in [-0.3, -0.25) is 4.68 Å². The summed E-state index contributed by atoms with van der Waals surface area (Å²) in [5.74, 6) is 0. The third-order valence-corrected chi connectivity index (χ3v) is 2.42. The Morgan fingerprint density at radius 2 is 1.80 bits per heavy atom. The molecule has 78 valence electrons. The van der Waals surface area contributed by atoms with E-state index < -0.39 is 0 Å². The summed E-state index contributed by atoms with van der Waals surface area (Å²) in [5, 5.41) is 4.49. The van der Waals surface area contributed by atoms with E-state index in [0.717, 1.165) is 11.3 Å². The minimum atomic E-state index is -0.257. The van der Waals surface area contributed by atoms with Crippen molar-refractivity contribution in [1.82, 2.24) is 9.78 Å². The molecule has 0 aliphatic rings. The van der Waals surface area contributed by atoms with Crippen molar-refractivity contribution < 1.29 is 0 Å². The van der Waals surface area contributed by atoms with Gasteiger partial charge >= 0.3 is 0 Å². The summed E-state index contributed by atoms with van der Waals surface area (Å²) in [6.45, 7) is 4.02. The number of hydrogen-bond donors (Lipinski definition) is 1. The summed E-state index contributed by atoms with van der Waals surface area (Å²) in [4.78, 5) is -0.257. The van der Waals surface area contributed by atoms with E-state index >= 15 is 0 Å². The number of benzene rings is 1. The first-order chi connectivity index (χ1) is 7.07. The lowest BCUT2D eigenvalue weighted by Gasteiger charge is -2.17. The molecule has 0 aliphatic carbocycles. The molecule has 0 unspecified atom stereocenters. The van der Waals surface area contributed by atoms with Crippen LogP contribution >= 0.6 is 12.6 Å². The van der Waals surface area contributed by atoms with Crippen molar-refractivity contribution in [3.05, 3.63) is 42.6 Å². The zero-order chi connectivity index (χ0) is 10.9. The van der Waals surface area contributed by atoms with Gasteiger partial charge in [-0.15, -0.1) is 12.6 Å². The Kier molecular flexibility index (Phi) is 2.57. The second-order valence-corrected chi connectivity index (χ2v) is 5.10. The van der Waals surface area contributed by atoms with E-state index in [0.29, 0.717) is 0 Å². The van der Waals surface area contributed by atoms with E-state index in [2.05, 4.69) is 29.9 Å². The fourth-order valence-electron chi connectivity index (χ4n) is 1.39. The molecule has 1 heterocycles. The van der Waals surface area contributed by atoms with Crippen LogP contribution in [-0.4, -0.2) is 9.78 Å². The number of aromatic nitrogens is 2. The van der Waals surface area contributed by atoms with Gasteiger partial charge in [0, 0.05) is 11.8 Å². The molecule has 1 aromatic carbocycles. The maximum Gasteiger partial charge on any atom is 0.0992 e. The highest BCUT2D eigenvalue weighted by molar-refractivity contribution is 7.81. The highest BCUT2D eigenvalue weighted by atomic mass is 32.1. The molecule has 2 aromatic rings. The van der Waals surface area contributed by atoms with Crippen molar-refractivity contribution in [2.24, 2.45) is 0 Å². The quantitative estimate of drug-likeness (QED) is 0.766. The summed E-state index contributed by atoms with van der Waals surface area (Å²) in [6.07, 6.45) is 1.95. The molecule has 0 saturated heterocycles. The summed E-state index contributed by atoms with van der Waals surface area (Å²) < 4.78 is 1.86. The Labute approximate surface area is 95.3 Å². The van der Waals surface area contributed by atoms with E-state index in [1.807, 2.05) is 49.0 Å². The van der Waals surface area contributed by atoms with Crippen LogP contribution in [0.4, 0.5) is 0 Å². The first-order valence-electron chi connectivity index (χ1n) is 4.91. The van der Waals surface area contributed by atoms with Gasteiger partial charge in [-0.2, -0.15) is 5.10 Å². The molecule has 0 bridgehead atoms. The second-order valence-electron chi connectivity index (χ2n) is 4.01. The molecule has 0 amide bonds. The van der Waals surface area contributed by atoms with Crippen LogP contribution in [0.1, 0.15) is 13.8 Å². The Morgan fingerprint density at radius 1 is 1.13 bits per heavy atom. The van der Waals surface area contributed by atoms with E-state index in [4.69, 9.17) is 0 Å². The van der Waals surface area contributed by atoms with Gasteiger partial charge in [0.25, 0.3) is 0 Å². The number of nitrogens with zero attached hydrogens (tertiary/aromatic N) is 2. The minimum absolute atomic E-state index is 0.257. The van der Waals surface area contributed by atoms with Gasteiger partial charge in [-0.25, -0.2) is 0 Å². The largest absolute Gasteiger partial charge is 0.257 e. The maximum atomic E-state index is 4.49. The van der Waals surface area contributed by atoms with Gasteiger partial charge in [0.05, 0.1) is 10.6 Å². The molecule has 0 atom stereocenters. The van der Waals surface area contributed by atoms with Gasteiger partial charge < -0.3 is 0 Å². The SMILES string of the molecule is CC(C)(S)n1ccc(-c2ccccc2)n1. The lowest BCUT2D eigenvalue weighted by molar-refractivity contribution is 0.483. The van der Waals surface area contributed by atoms with Gasteiger partial charge in [0.15, 0.2) is 0 Å². The molecule has 2 rings (SSSR count). The molecule has 0 N–H and O–H groups in total. The topological polar surface area (TPSA) is 17.8 Å². The molecule has 3 heteroatoms. The first-order valence-corrected chi connectivity index (χ1v) is 5.36. The second kappa shape index (κ2) is 3.74. The molecule has 2 nitrogen and oxygen atoms in total. The Hall–Kier alpha value is -1.22. The monoisotopic (exact) mass is 218 g/mol. The standard InChI is InChI=1S/C12H14N2S/c1-12(2,15)14-9-8-11(13-14)10-6-4-3-5-7-10/h3-9,15H,1-2H3. The lowest BCUT2D eigenvalue weighted by atomic mass is 10.2. The van der Waals surface area contributed by atoms with E-state index in [-0.39, 0.29) is 4.87 Å². The van der Waals surface area contributed by atoms with Crippen LogP contribution in [-0.2, 0) is 4.87 Å². The van der Waals surface area contributed by atoms with Crippen molar-refractivity contribution in [2.75, 3.05) is 0 Å². The van der Waals surface area contributed by atoms with Crippen molar-refractivity contribution in [1.29, 1.82) is 0 Å². The van der Waals surface area contributed by atoms with Gasteiger partial charge in [0.2, 0.25) is 0 Å². The zero-order valence-electron chi connectivity index (χ0n) is 8.88. The average molecular weight is 218 g/mol. The Bertz CT molecular complexity index is 440. The minimum Gasteiger partial charge on any atom is -0.257 e. The molecule has 1 aromatic heterocycles. The van der Waals surface area contributed by atoms with Gasteiger partial charge in [-0.05, 0) is 19.9 Å². The molecule has 0 aliphatic heterocycles. The van der Waals surface area contributed by atoms with Crippen LogP contribution < -0.4 is 0 Å². The molecule has 0 fully saturated rings. The number of hydrogen-bond acceptors (Lipinski definition) is 2. The summed E-state index contributed by atoms with van der Waals surface area (Å²) >= 11 is 4.47. The Balaban J connectivity index is 2.37. The van der Waals surface area contributed by atoms with Crippen LogP contribution in [0.15, 0.2) is 42.6 Å². The van der Waals surface area contributed by atoms with Crippen LogP contribution in [0, 0.1) is 0 Å². The van der Waals surface area contributed by atoms with E-state index in [9.17, 15) is 0 Å². The average Bonchev–Trinajstić information content (AvgIpc) is 2.67. The van der Waals surface area contributed by atoms with Crippen LogP contribution in [0.3, 0.4) is 0 Å². The fourth-order valence-corrected chi connectivity index (χ4v) is 1.50. The molecule has 0 spiro atoms. The molecule has 0 radical (unpaired) electrons. The normalized spacial score (nSPS) is 11.7. The van der Waals surface area contributed by atoms with E-state index in [1.165, 1.54) is 0 Å². The maximum absolute atomic E-state index is 4.49. The van der Waals surface area contributed by atoms with Gasteiger partial charge in [-0.1, -0.05) is 30.3 Å². The highest BCUT2D eigenvalue weighted by Crippen LogP contribution is 2.22. The van der Waals surface area contributed by atoms with Gasteiger partial charge in [0.1, 0.15) is 0 Å². The van der Waals surface area contributed by atoms with Crippen LogP contribution in [0.5, 0.6) is 0 Å². The highest BCUT2D eigenvalue weighted by Gasteiger charge is 2.15. The van der Waals surface area contributed by atoms with Crippen LogP contribution in [0.25, 0.3) is 11.3 Å². The van der Waals surface area contributed by atoms with Crippen molar-refractivity contribution in [3.63, 3.8) is 0 Å². The lowest BCUT2D eigenvalue weighted by Crippen LogP contribution is -2.19. The predicted molar refractivity (Wildman–Crippen MR) is 66.0 cm³/mol. The summed E-state index contributed by atoms with van der Waals surface area (Å²) in [6, 6.07) is 12.1. The van der Waals surface area contributed by atoms with E-state index in [1.54, 1.807) is 0 Å². The molecular weight excluding hydrogens is 204 g/mol. The first kappa shape index (κ1) is 10.3. The smallest absolute Gasteiger partial charge is 0.0992 e. The summed E-state index contributed by atoms with van der Waals surface area (Å²) in [7, 11) is 0. The Morgan fingerprint density at radius 3 is 2.33 bits per heavy atom. The molecule has 0 saturated carbocycles. The fraction of sp³-hybridized carbons (Fsp3) is 0.250. The molecular formula is C12H14N2S. The van der Waals surface area contributed by atoms with Crippen molar-refractivity contribution >= 4 is 12.6 Å². The molecule has 15 heavy (non-hydrogen) atoms. The predicted octanol–water partition coefficient (Wildman–Crippen LogP) is 3.17. The van der Waals surface area contributed by atoms with Crippen LogP contribution in [0.2, 0.25) is 0 Å². The zero-order valence-corrected chi connectivity index (χ0v) is 9.78. The number of thiol groups is 1. The third kappa shape index (κ3) is 2.23. The summed E-state index contributed by atoms with van der Waals surface area (Å²) in [5.41, 5.74) is 2.12. The van der Waals surface area contributed by atoms with Crippen molar-refractivity contribution in [3.8, 4) is 11.3 Å². The number of rotatable bonds is 2. The van der Waals surface area contributed by atoms with Crippen molar-refractivity contribution in [2.45, 2.75) is 18.7 Å².